The van der Waals surface area contributed by atoms with E-state index in [0.717, 1.165) is 17.5 Å². The standard InChI is InChI=1S/C16H15BClNO3/c18-15-8-12-10-22-17(21)14(12)9-13(15)16(20)19-7-6-11-4-2-1-3-5-11/h1-5,8-9,21H,6-7,10H2,(H,19,20). The smallest absolute Gasteiger partial charge is 0.423 e. The third kappa shape index (κ3) is 3.17. The quantitative estimate of drug-likeness (QED) is 0.841. The summed E-state index contributed by atoms with van der Waals surface area (Å²) in [5.41, 5.74) is 2.95. The SMILES string of the molecule is O=C(NCCc1ccccc1)c1cc2c(cc1Cl)COB2O. The molecule has 4 nitrogen and oxygen atoms in total. The molecule has 2 aromatic carbocycles. The van der Waals surface area contributed by atoms with Gasteiger partial charge in [-0.1, -0.05) is 41.9 Å². The Morgan fingerprint density at radius 2 is 2.09 bits per heavy atom. The third-order valence-electron chi connectivity index (χ3n) is 3.68. The van der Waals surface area contributed by atoms with Crippen LogP contribution >= 0.6 is 11.6 Å². The first kappa shape index (κ1) is 15.1. The second-order valence-corrected chi connectivity index (χ2v) is 5.59. The van der Waals surface area contributed by atoms with Crippen LogP contribution in [-0.2, 0) is 17.7 Å². The number of fused-ring (bicyclic) bond motifs is 1. The summed E-state index contributed by atoms with van der Waals surface area (Å²) in [7, 11) is -0.983. The zero-order valence-corrected chi connectivity index (χ0v) is 12.6. The van der Waals surface area contributed by atoms with Gasteiger partial charge in [0.1, 0.15) is 0 Å². The van der Waals surface area contributed by atoms with Crippen LogP contribution in [0.25, 0.3) is 0 Å². The highest BCUT2D eigenvalue weighted by Gasteiger charge is 2.29. The fourth-order valence-electron chi connectivity index (χ4n) is 2.48. The highest BCUT2D eigenvalue weighted by molar-refractivity contribution is 6.61. The van der Waals surface area contributed by atoms with E-state index in [1.165, 1.54) is 0 Å². The Bertz CT molecular complexity index is 693. The Morgan fingerprint density at radius 1 is 1.32 bits per heavy atom. The van der Waals surface area contributed by atoms with E-state index in [9.17, 15) is 9.82 Å². The monoisotopic (exact) mass is 315 g/mol. The predicted octanol–water partition coefficient (Wildman–Crippen LogP) is 1.53. The molecule has 0 atom stereocenters. The van der Waals surface area contributed by atoms with E-state index < -0.39 is 7.12 Å². The Labute approximate surface area is 134 Å². The molecule has 0 fully saturated rings. The van der Waals surface area contributed by atoms with Crippen molar-refractivity contribution >= 4 is 30.1 Å². The summed E-state index contributed by atoms with van der Waals surface area (Å²) in [5, 5.41) is 12.9. The minimum absolute atomic E-state index is 0.247. The van der Waals surface area contributed by atoms with E-state index >= 15 is 0 Å². The van der Waals surface area contributed by atoms with Crippen LogP contribution in [0.2, 0.25) is 5.02 Å². The minimum atomic E-state index is -0.983. The van der Waals surface area contributed by atoms with Crippen LogP contribution in [0, 0.1) is 0 Å². The Morgan fingerprint density at radius 3 is 2.86 bits per heavy atom. The van der Waals surface area contributed by atoms with Crippen LogP contribution in [-0.4, -0.2) is 24.6 Å². The van der Waals surface area contributed by atoms with E-state index in [1.54, 1.807) is 12.1 Å². The topological polar surface area (TPSA) is 58.6 Å². The molecule has 3 rings (SSSR count). The number of benzene rings is 2. The molecule has 0 saturated carbocycles. The summed E-state index contributed by atoms with van der Waals surface area (Å²) in [4.78, 5) is 12.2. The molecule has 0 saturated heterocycles. The fraction of sp³-hybridized carbons (Fsp3) is 0.188. The largest absolute Gasteiger partial charge is 0.491 e. The van der Waals surface area contributed by atoms with E-state index in [-0.39, 0.29) is 5.91 Å². The summed E-state index contributed by atoms with van der Waals surface area (Å²) in [6, 6.07) is 13.2. The van der Waals surface area contributed by atoms with E-state index in [2.05, 4.69) is 5.32 Å². The average Bonchev–Trinajstić information content (AvgIpc) is 2.88. The van der Waals surface area contributed by atoms with Gasteiger partial charge < -0.3 is 15.0 Å². The summed E-state index contributed by atoms with van der Waals surface area (Å²) in [6.45, 7) is 0.835. The molecular weight excluding hydrogens is 300 g/mol. The van der Waals surface area contributed by atoms with Gasteiger partial charge in [-0.25, -0.2) is 0 Å². The van der Waals surface area contributed by atoms with Gasteiger partial charge in [0.2, 0.25) is 0 Å². The van der Waals surface area contributed by atoms with Crippen LogP contribution in [0.5, 0.6) is 0 Å². The number of amides is 1. The molecule has 1 heterocycles. The summed E-state index contributed by atoms with van der Waals surface area (Å²) in [5.74, 6) is -0.247. The van der Waals surface area contributed by atoms with Crippen molar-refractivity contribution in [2.45, 2.75) is 13.0 Å². The number of carbonyl (C=O) groups is 1. The molecular formula is C16H15BClNO3. The summed E-state index contributed by atoms with van der Waals surface area (Å²) in [6.07, 6.45) is 0.751. The lowest BCUT2D eigenvalue weighted by atomic mass is 9.78. The maximum absolute atomic E-state index is 12.2. The maximum Gasteiger partial charge on any atom is 0.491 e. The molecule has 0 unspecified atom stereocenters. The van der Waals surface area contributed by atoms with Gasteiger partial charge in [0.15, 0.2) is 0 Å². The zero-order valence-electron chi connectivity index (χ0n) is 11.9. The van der Waals surface area contributed by atoms with Gasteiger partial charge in [-0.3, -0.25) is 4.79 Å². The molecule has 2 N–H and O–H groups in total. The fourth-order valence-corrected chi connectivity index (χ4v) is 2.75. The van der Waals surface area contributed by atoms with Crippen molar-refractivity contribution in [2.24, 2.45) is 0 Å². The molecule has 1 aliphatic rings. The van der Waals surface area contributed by atoms with Gasteiger partial charge in [-0.2, -0.15) is 0 Å². The van der Waals surface area contributed by atoms with Gasteiger partial charge in [0.05, 0.1) is 17.2 Å². The molecule has 1 aliphatic heterocycles. The number of hydrogen-bond acceptors (Lipinski definition) is 3. The Balaban J connectivity index is 1.66. The first-order valence-electron chi connectivity index (χ1n) is 7.09. The zero-order chi connectivity index (χ0) is 15.5. The second kappa shape index (κ2) is 6.52. The number of rotatable bonds is 4. The molecule has 2 aromatic rings. The van der Waals surface area contributed by atoms with Crippen LogP contribution < -0.4 is 10.8 Å². The predicted molar refractivity (Wildman–Crippen MR) is 86.3 cm³/mol. The average molecular weight is 316 g/mol. The number of carbonyl (C=O) groups excluding carboxylic acids is 1. The lowest BCUT2D eigenvalue weighted by molar-refractivity contribution is 0.0954. The van der Waals surface area contributed by atoms with Crippen LogP contribution in [0.15, 0.2) is 42.5 Å². The van der Waals surface area contributed by atoms with Crippen molar-refractivity contribution in [1.82, 2.24) is 5.32 Å². The molecule has 0 aromatic heterocycles. The lowest BCUT2D eigenvalue weighted by Crippen LogP contribution is -2.31. The van der Waals surface area contributed by atoms with Crippen LogP contribution in [0.1, 0.15) is 21.5 Å². The first-order chi connectivity index (χ1) is 10.6. The molecule has 112 valence electrons. The Kier molecular flexibility index (Phi) is 4.48. The van der Waals surface area contributed by atoms with Gasteiger partial charge in [-0.05, 0) is 35.1 Å². The van der Waals surface area contributed by atoms with E-state index in [1.807, 2.05) is 30.3 Å². The third-order valence-corrected chi connectivity index (χ3v) is 3.99. The van der Waals surface area contributed by atoms with Gasteiger partial charge in [-0.15, -0.1) is 0 Å². The van der Waals surface area contributed by atoms with Crippen molar-refractivity contribution in [3.63, 3.8) is 0 Å². The second-order valence-electron chi connectivity index (χ2n) is 5.19. The van der Waals surface area contributed by atoms with Crippen molar-refractivity contribution < 1.29 is 14.5 Å². The lowest BCUT2D eigenvalue weighted by Gasteiger charge is -2.09. The highest BCUT2D eigenvalue weighted by Crippen LogP contribution is 2.20. The van der Waals surface area contributed by atoms with Crippen LogP contribution in [0.4, 0.5) is 0 Å². The molecule has 0 bridgehead atoms. The number of halogens is 1. The molecule has 0 aliphatic carbocycles. The van der Waals surface area contributed by atoms with E-state index in [4.69, 9.17) is 16.3 Å². The molecule has 6 heteroatoms. The van der Waals surface area contributed by atoms with Crippen LogP contribution in [0.3, 0.4) is 0 Å². The maximum atomic E-state index is 12.2. The molecule has 22 heavy (non-hydrogen) atoms. The van der Waals surface area contributed by atoms with E-state index in [0.29, 0.717) is 29.2 Å². The molecule has 0 radical (unpaired) electrons. The summed E-state index contributed by atoms with van der Waals surface area (Å²) >= 11 is 6.15. The minimum Gasteiger partial charge on any atom is -0.423 e. The Hall–Kier alpha value is -1.82. The first-order valence-corrected chi connectivity index (χ1v) is 7.47. The van der Waals surface area contributed by atoms with Gasteiger partial charge >= 0.3 is 7.12 Å². The summed E-state index contributed by atoms with van der Waals surface area (Å²) < 4.78 is 5.12. The van der Waals surface area contributed by atoms with Crippen molar-refractivity contribution in [3.05, 3.63) is 64.2 Å². The van der Waals surface area contributed by atoms with Gasteiger partial charge in [0.25, 0.3) is 5.91 Å². The number of nitrogens with one attached hydrogen (secondary N) is 1. The normalized spacial score (nSPS) is 13.1. The highest BCUT2D eigenvalue weighted by atomic mass is 35.5. The van der Waals surface area contributed by atoms with Crippen molar-refractivity contribution in [2.75, 3.05) is 6.54 Å². The molecule has 1 amide bonds. The molecule has 0 spiro atoms. The van der Waals surface area contributed by atoms with Crippen molar-refractivity contribution in [1.29, 1.82) is 0 Å². The van der Waals surface area contributed by atoms with Gasteiger partial charge in [0, 0.05) is 6.54 Å². The number of hydrogen-bond donors (Lipinski definition) is 2. The van der Waals surface area contributed by atoms with Crippen molar-refractivity contribution in [3.8, 4) is 0 Å².